The van der Waals surface area contributed by atoms with E-state index in [0.29, 0.717) is 44.7 Å². The van der Waals surface area contributed by atoms with E-state index in [9.17, 15) is 24.2 Å². The molecular weight excluding hydrogens is 479 g/mol. The van der Waals surface area contributed by atoms with Gasteiger partial charge < -0.3 is 20.6 Å². The molecule has 0 bridgehead atoms. The van der Waals surface area contributed by atoms with Crippen molar-refractivity contribution in [2.24, 2.45) is 17.6 Å². The Balaban J connectivity index is 1.62. The number of hydrogen-bond donors (Lipinski definition) is 3. The molecule has 4 N–H and O–H groups in total. The third-order valence-corrected chi connectivity index (χ3v) is 9.17. The maximum atomic E-state index is 13.5. The highest BCUT2D eigenvalue weighted by Gasteiger charge is 2.45. The van der Waals surface area contributed by atoms with Gasteiger partial charge in [0.05, 0.1) is 6.16 Å². The number of carboxylic acid groups (broad SMARTS) is 1. The summed E-state index contributed by atoms with van der Waals surface area (Å²) in [4.78, 5) is 37.6. The SMILES string of the molecule is NCCCC[C@H](OP(=O)(O)CCCCc1ccccc1)C(=O)N1C[C@@H](C2CCCCC2)C[C@H]1C(=O)O. The quantitative estimate of drug-likeness (QED) is 0.241. The fourth-order valence-corrected chi connectivity index (χ4v) is 7.03. The molecule has 2 aliphatic rings. The number of likely N-dealkylation sites (tertiary alicyclic amines) is 1. The normalized spacial score (nSPS) is 23.3. The van der Waals surface area contributed by atoms with E-state index in [1.165, 1.54) is 16.9 Å². The van der Waals surface area contributed by atoms with Crippen molar-refractivity contribution in [3.05, 3.63) is 35.9 Å². The molecule has 1 saturated heterocycles. The molecule has 1 saturated carbocycles. The van der Waals surface area contributed by atoms with E-state index >= 15 is 0 Å². The molecule has 0 radical (unpaired) electrons. The summed E-state index contributed by atoms with van der Waals surface area (Å²) < 4.78 is 18.5. The molecule has 0 spiro atoms. The molecule has 2 fully saturated rings. The first-order chi connectivity index (χ1) is 17.3. The van der Waals surface area contributed by atoms with E-state index in [4.69, 9.17) is 10.3 Å². The number of nitrogens with two attached hydrogens (primary N) is 1. The molecule has 3 rings (SSSR count). The number of rotatable bonds is 14. The predicted molar refractivity (Wildman–Crippen MR) is 140 cm³/mol. The lowest BCUT2D eigenvalue weighted by molar-refractivity contribution is -0.151. The Morgan fingerprint density at radius 1 is 1.06 bits per heavy atom. The topological polar surface area (TPSA) is 130 Å². The lowest BCUT2D eigenvalue weighted by Crippen LogP contribution is -2.46. The zero-order valence-corrected chi connectivity index (χ0v) is 22.2. The van der Waals surface area contributed by atoms with Gasteiger partial charge in [-0.1, -0.05) is 62.4 Å². The van der Waals surface area contributed by atoms with Crippen LogP contribution in [0.3, 0.4) is 0 Å². The highest BCUT2D eigenvalue weighted by atomic mass is 31.2. The van der Waals surface area contributed by atoms with E-state index in [-0.39, 0.29) is 18.5 Å². The minimum Gasteiger partial charge on any atom is -0.480 e. The second-order valence-corrected chi connectivity index (χ2v) is 12.4. The standard InChI is InChI=1S/C27H43N2O6P/c28-17-9-7-16-25(35-36(33,34)18-10-8-13-21-11-3-1-4-12-21)26(30)29-20-23(19-24(29)27(31)32)22-14-5-2-6-15-22/h1,3-4,11-12,22-25H,2,5-10,13-20,28H2,(H,31,32)(H,33,34)/t23-,24-,25-/m0/s1. The first-order valence-electron chi connectivity index (χ1n) is 13.6. The third-order valence-electron chi connectivity index (χ3n) is 7.70. The number of hydrogen-bond acceptors (Lipinski definition) is 5. The number of carbonyl (C=O) groups excluding carboxylic acids is 1. The van der Waals surface area contributed by atoms with Gasteiger partial charge in [-0.25, -0.2) is 4.79 Å². The van der Waals surface area contributed by atoms with Gasteiger partial charge in [-0.15, -0.1) is 0 Å². The minimum atomic E-state index is -4.02. The monoisotopic (exact) mass is 522 g/mol. The van der Waals surface area contributed by atoms with Gasteiger partial charge >= 0.3 is 13.6 Å². The molecule has 1 unspecified atom stereocenters. The first-order valence-corrected chi connectivity index (χ1v) is 15.3. The van der Waals surface area contributed by atoms with Crippen molar-refractivity contribution in [2.75, 3.05) is 19.3 Å². The third kappa shape index (κ3) is 8.69. The Hall–Kier alpha value is -1.73. The number of carbonyl (C=O) groups is 2. The number of amides is 1. The molecule has 1 aromatic carbocycles. The number of aliphatic carboxylic acids is 1. The summed E-state index contributed by atoms with van der Waals surface area (Å²) in [5.74, 6) is -0.908. The Morgan fingerprint density at radius 3 is 2.44 bits per heavy atom. The summed E-state index contributed by atoms with van der Waals surface area (Å²) in [6.45, 7) is 0.826. The van der Waals surface area contributed by atoms with Crippen molar-refractivity contribution in [1.29, 1.82) is 0 Å². The summed E-state index contributed by atoms with van der Waals surface area (Å²) in [5.41, 5.74) is 6.78. The van der Waals surface area contributed by atoms with Crippen LogP contribution in [0.5, 0.6) is 0 Å². The lowest BCUT2D eigenvalue weighted by Gasteiger charge is -2.29. The van der Waals surface area contributed by atoms with Crippen molar-refractivity contribution < 1.29 is 28.7 Å². The van der Waals surface area contributed by atoms with Crippen LogP contribution in [0.4, 0.5) is 0 Å². The van der Waals surface area contributed by atoms with Gasteiger partial charge in [-0.05, 0) is 68.9 Å². The van der Waals surface area contributed by atoms with Crippen LogP contribution in [0.1, 0.15) is 76.2 Å². The van der Waals surface area contributed by atoms with Crippen LogP contribution >= 0.6 is 7.60 Å². The number of benzene rings is 1. The highest BCUT2D eigenvalue weighted by Crippen LogP contribution is 2.46. The molecule has 9 heteroatoms. The van der Waals surface area contributed by atoms with Crippen LogP contribution in [-0.2, 0) is 25.1 Å². The molecule has 1 heterocycles. The molecule has 1 aromatic rings. The van der Waals surface area contributed by atoms with E-state index in [2.05, 4.69) is 0 Å². The molecule has 8 nitrogen and oxygen atoms in total. The number of aryl methyl sites for hydroxylation is 1. The van der Waals surface area contributed by atoms with Crippen molar-refractivity contribution >= 4 is 19.5 Å². The maximum Gasteiger partial charge on any atom is 0.328 e. The first kappa shape index (κ1) is 28.8. The molecule has 202 valence electrons. The Labute approximate surface area is 215 Å². The molecule has 1 aliphatic carbocycles. The van der Waals surface area contributed by atoms with Crippen LogP contribution in [0.15, 0.2) is 30.3 Å². The second-order valence-electron chi connectivity index (χ2n) is 10.4. The van der Waals surface area contributed by atoms with Crippen molar-refractivity contribution in [2.45, 2.75) is 89.2 Å². The van der Waals surface area contributed by atoms with E-state index in [0.717, 1.165) is 38.5 Å². The highest BCUT2D eigenvalue weighted by molar-refractivity contribution is 7.52. The van der Waals surface area contributed by atoms with Crippen molar-refractivity contribution in [1.82, 2.24) is 4.90 Å². The van der Waals surface area contributed by atoms with Gasteiger partial charge in [0.15, 0.2) is 0 Å². The van der Waals surface area contributed by atoms with Gasteiger partial charge in [-0.2, -0.15) is 0 Å². The second kappa shape index (κ2) is 14.3. The van der Waals surface area contributed by atoms with Gasteiger partial charge in [-0.3, -0.25) is 13.9 Å². The van der Waals surface area contributed by atoms with Crippen LogP contribution in [0, 0.1) is 11.8 Å². The number of nitrogens with zero attached hydrogens (tertiary/aromatic N) is 1. The summed E-state index contributed by atoms with van der Waals surface area (Å²) >= 11 is 0. The van der Waals surface area contributed by atoms with Crippen molar-refractivity contribution in [3.8, 4) is 0 Å². The summed E-state index contributed by atoms with van der Waals surface area (Å²) in [6.07, 6.45) is 8.45. The molecule has 36 heavy (non-hydrogen) atoms. The predicted octanol–water partition coefficient (Wildman–Crippen LogP) is 4.59. The maximum absolute atomic E-state index is 13.5. The van der Waals surface area contributed by atoms with E-state index in [1.807, 2.05) is 30.3 Å². The average molecular weight is 523 g/mol. The summed E-state index contributed by atoms with van der Waals surface area (Å²) in [5, 5.41) is 9.86. The Bertz CT molecular complexity index is 876. The van der Waals surface area contributed by atoms with Gasteiger partial charge in [0.2, 0.25) is 0 Å². The van der Waals surface area contributed by atoms with Crippen LogP contribution in [0.2, 0.25) is 0 Å². The van der Waals surface area contributed by atoms with Crippen molar-refractivity contribution in [3.63, 3.8) is 0 Å². The Morgan fingerprint density at radius 2 is 1.78 bits per heavy atom. The summed E-state index contributed by atoms with van der Waals surface area (Å²) in [7, 11) is -4.02. The van der Waals surface area contributed by atoms with Crippen LogP contribution in [-0.4, -0.2) is 58.2 Å². The Kier molecular flexibility index (Phi) is 11.4. The van der Waals surface area contributed by atoms with E-state index < -0.39 is 31.6 Å². The molecule has 1 amide bonds. The fraction of sp³-hybridized carbons (Fsp3) is 0.704. The van der Waals surface area contributed by atoms with Gasteiger partial charge in [0.25, 0.3) is 5.91 Å². The molecule has 0 aromatic heterocycles. The largest absolute Gasteiger partial charge is 0.480 e. The molecule has 4 atom stereocenters. The summed E-state index contributed by atoms with van der Waals surface area (Å²) in [6, 6.07) is 9.03. The van der Waals surface area contributed by atoms with Crippen LogP contribution in [0.25, 0.3) is 0 Å². The smallest absolute Gasteiger partial charge is 0.328 e. The fourth-order valence-electron chi connectivity index (χ4n) is 5.71. The van der Waals surface area contributed by atoms with Gasteiger partial charge in [0, 0.05) is 6.54 Å². The zero-order chi connectivity index (χ0) is 26.0. The number of unbranched alkanes of at least 4 members (excludes halogenated alkanes) is 2. The average Bonchev–Trinajstić information content (AvgIpc) is 3.33. The lowest BCUT2D eigenvalue weighted by atomic mass is 9.79. The zero-order valence-electron chi connectivity index (χ0n) is 21.3. The number of carboxylic acids is 1. The van der Waals surface area contributed by atoms with Crippen LogP contribution < -0.4 is 5.73 Å². The molecule has 1 aliphatic heterocycles. The minimum absolute atomic E-state index is 0.0342. The van der Waals surface area contributed by atoms with E-state index in [1.54, 1.807) is 0 Å². The van der Waals surface area contributed by atoms with Gasteiger partial charge in [0.1, 0.15) is 12.1 Å². The molecular formula is C27H43N2O6P.